The van der Waals surface area contributed by atoms with Crippen LogP contribution in [0.2, 0.25) is 0 Å². The van der Waals surface area contributed by atoms with E-state index in [2.05, 4.69) is 22.3 Å². The van der Waals surface area contributed by atoms with E-state index in [-0.39, 0.29) is 17.7 Å². The molecule has 1 N–H and O–H groups in total. The number of hydrogen-bond donors (Lipinski definition) is 1. The Hall–Kier alpha value is -1.89. The maximum absolute atomic E-state index is 12.2. The second-order valence-corrected chi connectivity index (χ2v) is 6.29. The fraction of sp³-hybridized carbons (Fsp3) is 0.667. The molecule has 0 radical (unpaired) electrons. The van der Waals surface area contributed by atoms with Crippen molar-refractivity contribution in [1.29, 1.82) is 0 Å². The summed E-state index contributed by atoms with van der Waals surface area (Å²) in [5.41, 5.74) is 0. The van der Waals surface area contributed by atoms with Gasteiger partial charge in [0.25, 0.3) is 0 Å². The predicted octanol–water partition coefficient (Wildman–Crippen LogP) is 0.722. The Balaban J connectivity index is 1.41. The van der Waals surface area contributed by atoms with Gasteiger partial charge in [0.05, 0.1) is 6.54 Å². The smallest absolute Gasteiger partial charge is 0.239 e. The molecule has 1 aromatic heterocycles. The van der Waals surface area contributed by atoms with Gasteiger partial charge < -0.3 is 14.7 Å². The van der Waals surface area contributed by atoms with Crippen molar-refractivity contribution in [2.75, 3.05) is 38.0 Å². The molecule has 1 aromatic rings. The van der Waals surface area contributed by atoms with E-state index in [1.54, 1.807) is 13.0 Å². The van der Waals surface area contributed by atoms with Crippen LogP contribution in [-0.4, -0.2) is 59.5 Å². The van der Waals surface area contributed by atoms with Gasteiger partial charge in [0.2, 0.25) is 11.8 Å². The molecule has 7 nitrogen and oxygen atoms in total. The lowest BCUT2D eigenvalue weighted by atomic mass is 10.2. The highest BCUT2D eigenvalue weighted by Crippen LogP contribution is 2.39. The highest BCUT2D eigenvalue weighted by Gasteiger charge is 2.41. The summed E-state index contributed by atoms with van der Waals surface area (Å²) in [5, 5.41) is 6.45. The minimum absolute atomic E-state index is 0.108. The van der Waals surface area contributed by atoms with E-state index in [1.807, 2.05) is 4.90 Å². The molecule has 2 aliphatic rings. The lowest BCUT2D eigenvalue weighted by molar-refractivity contribution is -0.134. The Kier molecular flexibility index (Phi) is 4.15. The lowest BCUT2D eigenvalue weighted by Crippen LogP contribution is -2.51. The molecule has 2 amide bonds. The Morgan fingerprint density at radius 3 is 2.59 bits per heavy atom. The Labute approximate surface area is 129 Å². The van der Waals surface area contributed by atoms with Crippen molar-refractivity contribution in [3.05, 3.63) is 11.8 Å². The zero-order valence-electron chi connectivity index (χ0n) is 13.0. The van der Waals surface area contributed by atoms with Gasteiger partial charge in [-0.2, -0.15) is 0 Å². The van der Waals surface area contributed by atoms with Gasteiger partial charge in [0, 0.05) is 38.2 Å². The molecule has 1 aliphatic heterocycles. The molecule has 7 heteroatoms. The van der Waals surface area contributed by atoms with Crippen molar-refractivity contribution in [2.45, 2.75) is 20.3 Å². The van der Waals surface area contributed by atoms with Crippen molar-refractivity contribution < 1.29 is 14.1 Å². The Morgan fingerprint density at radius 1 is 1.36 bits per heavy atom. The summed E-state index contributed by atoms with van der Waals surface area (Å²) in [5.74, 6) is 2.07. The number of anilines is 1. The predicted molar refractivity (Wildman–Crippen MR) is 80.2 cm³/mol. The summed E-state index contributed by atoms with van der Waals surface area (Å²) in [4.78, 5) is 28.1. The topological polar surface area (TPSA) is 78.7 Å². The molecule has 1 aliphatic carbocycles. The van der Waals surface area contributed by atoms with E-state index in [1.165, 1.54) is 0 Å². The summed E-state index contributed by atoms with van der Waals surface area (Å²) >= 11 is 0. The van der Waals surface area contributed by atoms with Crippen molar-refractivity contribution in [1.82, 2.24) is 15.0 Å². The zero-order chi connectivity index (χ0) is 15.7. The molecule has 0 aromatic carbocycles. The molecule has 120 valence electrons. The van der Waals surface area contributed by atoms with E-state index in [0.717, 1.165) is 19.5 Å². The highest BCUT2D eigenvalue weighted by molar-refractivity contribution is 5.91. The molecule has 2 fully saturated rings. The maximum atomic E-state index is 12.2. The monoisotopic (exact) mass is 306 g/mol. The third-order valence-electron chi connectivity index (χ3n) is 4.37. The molecular formula is C15H22N4O3. The van der Waals surface area contributed by atoms with Crippen LogP contribution >= 0.6 is 0 Å². The minimum atomic E-state index is -0.108. The molecule has 0 spiro atoms. The van der Waals surface area contributed by atoms with Crippen LogP contribution in [0.3, 0.4) is 0 Å². The largest absolute Gasteiger partial charge is 0.360 e. The first-order chi connectivity index (χ1) is 10.5. The molecule has 2 atom stereocenters. The summed E-state index contributed by atoms with van der Waals surface area (Å²) < 4.78 is 4.91. The van der Waals surface area contributed by atoms with Gasteiger partial charge in [0.1, 0.15) is 5.76 Å². The second kappa shape index (κ2) is 6.08. The lowest BCUT2D eigenvalue weighted by Gasteiger charge is -2.34. The van der Waals surface area contributed by atoms with Crippen LogP contribution in [0.15, 0.2) is 10.6 Å². The van der Waals surface area contributed by atoms with Crippen LogP contribution in [0, 0.1) is 18.8 Å². The van der Waals surface area contributed by atoms with Crippen molar-refractivity contribution in [3.63, 3.8) is 0 Å². The van der Waals surface area contributed by atoms with Gasteiger partial charge in [-0.15, -0.1) is 0 Å². The number of carbonyl (C=O) groups is 2. The molecule has 1 saturated heterocycles. The number of nitrogens with zero attached hydrogens (tertiary/aromatic N) is 3. The van der Waals surface area contributed by atoms with Crippen LogP contribution in [0.1, 0.15) is 19.1 Å². The first-order valence-corrected chi connectivity index (χ1v) is 7.77. The standard InChI is InChI=1S/C15H22N4O3/c1-10-7-12(10)15(21)19-5-3-18(4-6-19)9-14(20)16-13-8-11(2)22-17-13/h8,10,12H,3-7,9H2,1-2H3,(H,16,17,20). The van der Waals surface area contributed by atoms with Crippen molar-refractivity contribution in [2.24, 2.45) is 11.8 Å². The maximum Gasteiger partial charge on any atom is 0.239 e. The van der Waals surface area contributed by atoms with Crippen LogP contribution in [0.5, 0.6) is 0 Å². The number of nitrogens with one attached hydrogen (secondary N) is 1. The molecule has 1 saturated carbocycles. The van der Waals surface area contributed by atoms with Gasteiger partial charge in [-0.3, -0.25) is 14.5 Å². The number of piperazine rings is 1. The fourth-order valence-corrected chi connectivity index (χ4v) is 2.84. The Morgan fingerprint density at radius 2 is 2.05 bits per heavy atom. The third-order valence-corrected chi connectivity index (χ3v) is 4.37. The number of carbonyl (C=O) groups excluding carboxylic acids is 2. The number of hydrogen-bond acceptors (Lipinski definition) is 5. The first-order valence-electron chi connectivity index (χ1n) is 7.77. The zero-order valence-corrected chi connectivity index (χ0v) is 13.0. The number of aryl methyl sites for hydroxylation is 1. The quantitative estimate of drug-likeness (QED) is 0.887. The SMILES string of the molecule is Cc1cc(NC(=O)CN2CCN(C(=O)C3CC3C)CC2)no1. The highest BCUT2D eigenvalue weighted by atomic mass is 16.5. The van der Waals surface area contributed by atoms with E-state index >= 15 is 0 Å². The minimum Gasteiger partial charge on any atom is -0.360 e. The van der Waals surface area contributed by atoms with Gasteiger partial charge in [-0.1, -0.05) is 12.1 Å². The summed E-state index contributed by atoms with van der Waals surface area (Å²) in [6.07, 6.45) is 1.03. The van der Waals surface area contributed by atoms with Crippen molar-refractivity contribution in [3.8, 4) is 0 Å². The fourth-order valence-electron chi connectivity index (χ4n) is 2.84. The van der Waals surface area contributed by atoms with E-state index in [9.17, 15) is 9.59 Å². The number of aromatic nitrogens is 1. The van der Waals surface area contributed by atoms with Crippen molar-refractivity contribution >= 4 is 17.6 Å². The third kappa shape index (κ3) is 3.47. The van der Waals surface area contributed by atoms with Gasteiger partial charge in [0.15, 0.2) is 5.82 Å². The van der Waals surface area contributed by atoms with E-state index in [4.69, 9.17) is 4.52 Å². The van der Waals surface area contributed by atoms with E-state index in [0.29, 0.717) is 37.1 Å². The molecule has 22 heavy (non-hydrogen) atoms. The van der Waals surface area contributed by atoms with Crippen LogP contribution < -0.4 is 5.32 Å². The molecule has 0 bridgehead atoms. The summed E-state index contributed by atoms with van der Waals surface area (Å²) in [6, 6.07) is 1.69. The summed E-state index contributed by atoms with van der Waals surface area (Å²) in [6.45, 7) is 7.09. The van der Waals surface area contributed by atoms with Gasteiger partial charge >= 0.3 is 0 Å². The Bertz CT molecular complexity index is 563. The average molecular weight is 306 g/mol. The molecule has 2 heterocycles. The van der Waals surface area contributed by atoms with Crippen LogP contribution in [0.25, 0.3) is 0 Å². The second-order valence-electron chi connectivity index (χ2n) is 6.29. The first kappa shape index (κ1) is 15.0. The molecular weight excluding hydrogens is 284 g/mol. The van der Waals surface area contributed by atoms with Gasteiger partial charge in [-0.05, 0) is 19.3 Å². The number of amides is 2. The molecule has 3 rings (SSSR count). The van der Waals surface area contributed by atoms with Crippen LogP contribution in [0.4, 0.5) is 5.82 Å². The normalized spacial score (nSPS) is 25.1. The molecule has 2 unspecified atom stereocenters. The van der Waals surface area contributed by atoms with Gasteiger partial charge in [-0.25, -0.2) is 0 Å². The average Bonchev–Trinajstić information content (AvgIpc) is 3.08. The van der Waals surface area contributed by atoms with Crippen LogP contribution in [-0.2, 0) is 9.59 Å². The summed E-state index contributed by atoms with van der Waals surface area (Å²) in [7, 11) is 0. The van der Waals surface area contributed by atoms with E-state index < -0.39 is 0 Å². The number of rotatable bonds is 4.